The van der Waals surface area contributed by atoms with Gasteiger partial charge in [-0.3, -0.25) is 14.4 Å². The molecule has 188 valence electrons. The lowest BCUT2D eigenvalue weighted by Gasteiger charge is -2.35. The van der Waals surface area contributed by atoms with Crippen molar-refractivity contribution in [2.24, 2.45) is 11.8 Å². The van der Waals surface area contributed by atoms with Gasteiger partial charge in [0.15, 0.2) is 17.9 Å². The Morgan fingerprint density at radius 1 is 1.26 bits per heavy atom. The molecule has 0 saturated carbocycles. The highest BCUT2D eigenvalue weighted by Crippen LogP contribution is 2.44. The smallest absolute Gasteiger partial charge is 0.309 e. The summed E-state index contributed by atoms with van der Waals surface area (Å²) in [7, 11) is 0. The highest BCUT2D eigenvalue weighted by atomic mass is 16.7. The van der Waals surface area contributed by atoms with Gasteiger partial charge in [0.1, 0.15) is 11.6 Å². The second-order valence-corrected chi connectivity index (χ2v) is 9.48. The van der Waals surface area contributed by atoms with Crippen molar-refractivity contribution in [3.05, 3.63) is 28.8 Å². The van der Waals surface area contributed by atoms with Crippen LogP contribution in [0.15, 0.2) is 23.3 Å². The molecular weight excluding hydrogens is 458 g/mol. The van der Waals surface area contributed by atoms with Gasteiger partial charge >= 0.3 is 11.9 Å². The summed E-state index contributed by atoms with van der Waals surface area (Å²) in [6.45, 7) is 7.76. The number of hydrogen-bond donors (Lipinski definition) is 3. The van der Waals surface area contributed by atoms with Crippen LogP contribution in [0.4, 0.5) is 5.69 Å². The van der Waals surface area contributed by atoms with Gasteiger partial charge in [0, 0.05) is 22.7 Å². The van der Waals surface area contributed by atoms with Crippen LogP contribution in [0, 0.1) is 11.8 Å². The summed E-state index contributed by atoms with van der Waals surface area (Å²) >= 11 is 0. The summed E-state index contributed by atoms with van der Waals surface area (Å²) < 4.78 is 19.0. The van der Waals surface area contributed by atoms with Crippen LogP contribution in [-0.2, 0) is 23.8 Å². The molecule has 1 fully saturated rings. The fourth-order valence-electron chi connectivity index (χ4n) is 4.19. The number of aromatic nitrogens is 4. The number of aliphatic hydroxyl groups excluding tert-OH is 1. The number of nitrogen functional groups attached to an aromatic ring is 1. The Bertz CT molecular complexity index is 1350. The zero-order chi connectivity index (χ0) is 25.7. The molecule has 12 heteroatoms. The standard InChI is InChI=1S/C23H29N5O7/c1-10(2)20(31)34-18-16(9-29)33-22(23(18,5)35-21(32)11(3)4)28-8-13-14(24)6-12-17(13)15(27-28)7-25-26-19(12)30/h6-8,10-11,16,18,22,29H,9,24H2,1-5H3,(H,26,30). The summed E-state index contributed by atoms with van der Waals surface area (Å²) in [5.74, 6) is -2.02. The number of nitrogens with zero attached hydrogens (tertiary/aromatic N) is 3. The third kappa shape index (κ3) is 4.12. The molecule has 4 rings (SSSR count). The van der Waals surface area contributed by atoms with Crippen LogP contribution in [0.25, 0.3) is 21.7 Å². The maximum atomic E-state index is 12.7. The van der Waals surface area contributed by atoms with Gasteiger partial charge in [0.25, 0.3) is 5.56 Å². The topological polar surface area (TPSA) is 172 Å². The summed E-state index contributed by atoms with van der Waals surface area (Å²) in [4.78, 5) is 37.6. The van der Waals surface area contributed by atoms with E-state index >= 15 is 0 Å². The zero-order valence-electron chi connectivity index (χ0n) is 20.1. The van der Waals surface area contributed by atoms with Gasteiger partial charge in [-0.15, -0.1) is 0 Å². The van der Waals surface area contributed by atoms with E-state index in [0.717, 1.165) is 0 Å². The van der Waals surface area contributed by atoms with Crippen molar-refractivity contribution >= 4 is 39.3 Å². The lowest BCUT2D eigenvalue weighted by Crippen LogP contribution is -2.51. The number of esters is 2. The molecule has 3 aromatic rings. The molecule has 3 heterocycles. The number of ether oxygens (including phenoxy) is 3. The van der Waals surface area contributed by atoms with E-state index in [9.17, 15) is 19.5 Å². The molecule has 1 aliphatic rings. The first-order chi connectivity index (χ1) is 16.5. The maximum Gasteiger partial charge on any atom is 0.309 e. The molecule has 0 spiro atoms. The Hall–Kier alpha value is -3.51. The predicted molar refractivity (Wildman–Crippen MR) is 125 cm³/mol. The lowest BCUT2D eigenvalue weighted by molar-refractivity contribution is -0.192. The molecule has 1 saturated heterocycles. The number of rotatable bonds is 6. The zero-order valence-corrected chi connectivity index (χ0v) is 20.1. The van der Waals surface area contributed by atoms with Crippen LogP contribution in [0.3, 0.4) is 0 Å². The fraction of sp³-hybridized carbons (Fsp3) is 0.522. The molecule has 35 heavy (non-hydrogen) atoms. The first-order valence-electron chi connectivity index (χ1n) is 11.3. The first kappa shape index (κ1) is 24.6. The van der Waals surface area contributed by atoms with Crippen LogP contribution >= 0.6 is 0 Å². The second-order valence-electron chi connectivity index (χ2n) is 9.48. The van der Waals surface area contributed by atoms with E-state index in [0.29, 0.717) is 27.4 Å². The number of carbonyl (C=O) groups excluding carboxylic acids is 2. The molecule has 1 aromatic carbocycles. The molecule has 1 aliphatic heterocycles. The highest BCUT2D eigenvalue weighted by molar-refractivity contribution is 6.14. The monoisotopic (exact) mass is 487 g/mol. The van der Waals surface area contributed by atoms with Gasteiger partial charge in [-0.05, 0) is 13.0 Å². The minimum atomic E-state index is -1.56. The molecular formula is C23H29N5O7. The lowest BCUT2D eigenvalue weighted by atomic mass is 9.95. The molecule has 4 atom stereocenters. The van der Waals surface area contributed by atoms with Crippen LogP contribution < -0.4 is 11.3 Å². The summed E-state index contributed by atoms with van der Waals surface area (Å²) in [6, 6.07) is 1.53. The highest BCUT2D eigenvalue weighted by Gasteiger charge is 2.60. The van der Waals surface area contributed by atoms with Gasteiger partial charge < -0.3 is 25.1 Å². The number of H-pyrrole nitrogens is 1. The van der Waals surface area contributed by atoms with Crippen molar-refractivity contribution in [1.29, 1.82) is 0 Å². The number of nitrogens with one attached hydrogen (secondary N) is 1. The normalized spacial score (nSPS) is 24.5. The van der Waals surface area contributed by atoms with E-state index in [1.807, 2.05) is 0 Å². The van der Waals surface area contributed by atoms with Crippen LogP contribution in [0.5, 0.6) is 0 Å². The molecule has 0 aliphatic carbocycles. The van der Waals surface area contributed by atoms with Crippen LogP contribution in [0.2, 0.25) is 0 Å². The van der Waals surface area contributed by atoms with Gasteiger partial charge in [-0.25, -0.2) is 9.78 Å². The SMILES string of the molecule is CC(C)C(=O)OC1C(CO)OC(n2cc3c(N)cc4c(=O)[nH]ncc(n2)c34)C1(C)OC(=O)C(C)C. The van der Waals surface area contributed by atoms with E-state index < -0.39 is 60.0 Å². The Kier molecular flexibility index (Phi) is 6.28. The van der Waals surface area contributed by atoms with E-state index in [-0.39, 0.29) is 0 Å². The average Bonchev–Trinajstić information content (AvgIpc) is 3.21. The molecule has 12 nitrogen and oxygen atoms in total. The Morgan fingerprint density at radius 3 is 2.57 bits per heavy atom. The summed E-state index contributed by atoms with van der Waals surface area (Å²) in [5, 5.41) is 22.3. The maximum absolute atomic E-state index is 12.7. The third-order valence-electron chi connectivity index (χ3n) is 6.11. The molecule has 0 amide bonds. The predicted octanol–water partition coefficient (Wildman–Crippen LogP) is 1.27. The Morgan fingerprint density at radius 2 is 1.94 bits per heavy atom. The molecule has 0 bridgehead atoms. The molecule has 0 radical (unpaired) electrons. The Labute approximate surface area is 200 Å². The minimum Gasteiger partial charge on any atom is -0.455 e. The molecule has 2 aromatic heterocycles. The minimum absolute atomic E-state index is 0.322. The first-order valence-corrected chi connectivity index (χ1v) is 11.3. The second kappa shape index (κ2) is 8.93. The Balaban J connectivity index is 1.90. The van der Waals surface area contributed by atoms with Gasteiger partial charge in [0.05, 0.1) is 30.0 Å². The van der Waals surface area contributed by atoms with Crippen LogP contribution in [0.1, 0.15) is 40.8 Å². The summed E-state index contributed by atoms with van der Waals surface area (Å²) in [6.07, 6.45) is -0.285. The van der Waals surface area contributed by atoms with Gasteiger partial charge in [-0.1, -0.05) is 27.7 Å². The van der Waals surface area contributed by atoms with Crippen molar-refractivity contribution in [2.75, 3.05) is 12.3 Å². The average molecular weight is 488 g/mol. The number of hydrogen-bond acceptors (Lipinski definition) is 10. The number of nitrogens with two attached hydrogens (primary N) is 1. The number of aromatic amines is 1. The van der Waals surface area contributed by atoms with E-state index in [1.165, 1.54) is 16.9 Å². The van der Waals surface area contributed by atoms with Crippen molar-refractivity contribution < 1.29 is 28.9 Å². The van der Waals surface area contributed by atoms with Crippen molar-refractivity contribution in [3.8, 4) is 0 Å². The third-order valence-corrected chi connectivity index (χ3v) is 6.11. The van der Waals surface area contributed by atoms with Crippen molar-refractivity contribution in [3.63, 3.8) is 0 Å². The van der Waals surface area contributed by atoms with E-state index in [4.69, 9.17) is 19.9 Å². The number of aliphatic hydroxyl groups is 1. The molecule has 4 N–H and O–H groups in total. The number of anilines is 1. The summed E-state index contributed by atoms with van der Waals surface area (Å²) in [5.41, 5.74) is 4.88. The van der Waals surface area contributed by atoms with Gasteiger partial charge in [0.2, 0.25) is 0 Å². The quantitative estimate of drug-likeness (QED) is 0.430. The fourth-order valence-corrected chi connectivity index (χ4v) is 4.19. The largest absolute Gasteiger partial charge is 0.455 e. The van der Waals surface area contributed by atoms with Gasteiger partial charge in [-0.2, -0.15) is 10.2 Å². The van der Waals surface area contributed by atoms with Crippen molar-refractivity contribution in [1.82, 2.24) is 20.0 Å². The van der Waals surface area contributed by atoms with E-state index in [1.54, 1.807) is 40.8 Å². The molecule has 4 unspecified atom stereocenters. The van der Waals surface area contributed by atoms with Crippen LogP contribution in [-0.4, -0.2) is 61.4 Å². The van der Waals surface area contributed by atoms with E-state index in [2.05, 4.69) is 15.3 Å². The number of carbonyl (C=O) groups is 2. The van der Waals surface area contributed by atoms with Crippen molar-refractivity contribution in [2.45, 2.75) is 58.7 Å².